The van der Waals surface area contributed by atoms with Gasteiger partial charge in [-0.2, -0.15) is 0 Å². The van der Waals surface area contributed by atoms with Gasteiger partial charge in [-0.05, 0) is 36.8 Å². The zero-order valence-corrected chi connectivity index (χ0v) is 10.3. The Hall–Kier alpha value is -1.16. The zero-order chi connectivity index (χ0) is 11.6. The summed E-state index contributed by atoms with van der Waals surface area (Å²) < 4.78 is 0. The summed E-state index contributed by atoms with van der Waals surface area (Å²) >= 11 is 4.88. The average Bonchev–Trinajstić information content (AvgIpc) is 3.08. The summed E-state index contributed by atoms with van der Waals surface area (Å²) in [6, 6.07) is 3.84. The number of nitrogens with zero attached hydrogens (tertiary/aromatic N) is 1. The molecule has 1 aliphatic rings. The van der Waals surface area contributed by atoms with Crippen LogP contribution >= 0.6 is 12.2 Å². The number of hydrogen-bond donors (Lipinski definition) is 2. The topological polar surface area (TPSA) is 50.9 Å². The SMILES string of the molecule is CCC1(CNc2ccc(C(N)=S)cn2)CC1. The van der Waals surface area contributed by atoms with Crippen molar-refractivity contribution in [2.24, 2.45) is 11.1 Å². The Morgan fingerprint density at radius 2 is 2.31 bits per heavy atom. The van der Waals surface area contributed by atoms with Crippen LogP contribution < -0.4 is 11.1 Å². The van der Waals surface area contributed by atoms with E-state index in [0.29, 0.717) is 10.4 Å². The number of pyridine rings is 1. The van der Waals surface area contributed by atoms with Gasteiger partial charge in [0, 0.05) is 18.3 Å². The molecule has 0 bridgehead atoms. The van der Waals surface area contributed by atoms with Crippen LogP contribution in [-0.4, -0.2) is 16.5 Å². The molecule has 1 saturated carbocycles. The predicted molar refractivity (Wildman–Crippen MR) is 70.6 cm³/mol. The minimum atomic E-state index is 0.395. The Labute approximate surface area is 101 Å². The highest BCUT2D eigenvalue weighted by Crippen LogP contribution is 2.48. The van der Waals surface area contributed by atoms with Crippen LogP contribution in [0.2, 0.25) is 0 Å². The van der Waals surface area contributed by atoms with E-state index in [1.165, 1.54) is 19.3 Å². The minimum absolute atomic E-state index is 0.395. The molecule has 0 amide bonds. The molecule has 86 valence electrons. The van der Waals surface area contributed by atoms with Crippen LogP contribution in [0.25, 0.3) is 0 Å². The van der Waals surface area contributed by atoms with Crippen molar-refractivity contribution in [2.45, 2.75) is 26.2 Å². The molecule has 1 fully saturated rings. The van der Waals surface area contributed by atoms with Crippen LogP contribution in [0.1, 0.15) is 31.7 Å². The Morgan fingerprint density at radius 1 is 1.56 bits per heavy atom. The van der Waals surface area contributed by atoms with Gasteiger partial charge in [0.1, 0.15) is 10.8 Å². The molecule has 1 aromatic heterocycles. The molecule has 0 radical (unpaired) electrons. The van der Waals surface area contributed by atoms with Gasteiger partial charge < -0.3 is 11.1 Å². The summed E-state index contributed by atoms with van der Waals surface area (Å²) in [5.74, 6) is 0.903. The van der Waals surface area contributed by atoms with Crippen molar-refractivity contribution in [2.75, 3.05) is 11.9 Å². The quantitative estimate of drug-likeness (QED) is 0.769. The van der Waals surface area contributed by atoms with E-state index in [1.807, 2.05) is 12.1 Å². The standard InChI is InChI=1S/C12H17N3S/c1-2-12(5-6-12)8-15-10-4-3-9(7-14-10)11(13)16/h3-4,7H,2,5-6,8H2,1H3,(H2,13,16)(H,14,15). The third-order valence-electron chi connectivity index (χ3n) is 3.40. The largest absolute Gasteiger partial charge is 0.389 e. The molecule has 0 saturated heterocycles. The highest BCUT2D eigenvalue weighted by atomic mass is 32.1. The molecule has 3 N–H and O–H groups in total. The van der Waals surface area contributed by atoms with E-state index in [4.69, 9.17) is 18.0 Å². The monoisotopic (exact) mass is 235 g/mol. The summed E-state index contributed by atoms with van der Waals surface area (Å²) in [6.07, 6.45) is 5.63. The van der Waals surface area contributed by atoms with Gasteiger partial charge in [-0.25, -0.2) is 4.98 Å². The molecule has 1 aliphatic carbocycles. The normalized spacial score (nSPS) is 16.8. The lowest BCUT2D eigenvalue weighted by molar-refractivity contribution is 0.521. The van der Waals surface area contributed by atoms with E-state index in [0.717, 1.165) is 17.9 Å². The summed E-state index contributed by atoms with van der Waals surface area (Å²) in [4.78, 5) is 4.68. The number of nitrogens with two attached hydrogens (primary N) is 1. The van der Waals surface area contributed by atoms with Gasteiger partial charge in [0.25, 0.3) is 0 Å². The molecule has 0 atom stereocenters. The Balaban J connectivity index is 1.93. The Kier molecular flexibility index (Phi) is 3.10. The molecule has 16 heavy (non-hydrogen) atoms. The van der Waals surface area contributed by atoms with Gasteiger partial charge in [0.2, 0.25) is 0 Å². The van der Waals surface area contributed by atoms with Crippen LogP contribution in [0.5, 0.6) is 0 Å². The van der Waals surface area contributed by atoms with Crippen LogP contribution in [0.4, 0.5) is 5.82 Å². The number of hydrogen-bond acceptors (Lipinski definition) is 3. The van der Waals surface area contributed by atoms with Crippen LogP contribution in [-0.2, 0) is 0 Å². The highest BCUT2D eigenvalue weighted by Gasteiger charge is 2.40. The van der Waals surface area contributed by atoms with Crippen LogP contribution in [0.3, 0.4) is 0 Å². The second-order valence-electron chi connectivity index (χ2n) is 4.50. The fraction of sp³-hybridized carbons (Fsp3) is 0.500. The molecule has 0 aromatic carbocycles. The van der Waals surface area contributed by atoms with Crippen LogP contribution in [0.15, 0.2) is 18.3 Å². The minimum Gasteiger partial charge on any atom is -0.389 e. The predicted octanol–water partition coefficient (Wildman–Crippen LogP) is 2.32. The van der Waals surface area contributed by atoms with E-state index < -0.39 is 0 Å². The van der Waals surface area contributed by atoms with E-state index >= 15 is 0 Å². The molecule has 3 nitrogen and oxygen atoms in total. The number of rotatable bonds is 5. The number of aromatic nitrogens is 1. The number of nitrogens with one attached hydrogen (secondary N) is 1. The third-order valence-corrected chi connectivity index (χ3v) is 3.64. The van der Waals surface area contributed by atoms with E-state index in [1.54, 1.807) is 6.20 Å². The van der Waals surface area contributed by atoms with Gasteiger partial charge in [-0.1, -0.05) is 19.1 Å². The van der Waals surface area contributed by atoms with Crippen molar-refractivity contribution in [1.29, 1.82) is 0 Å². The lowest BCUT2D eigenvalue weighted by Crippen LogP contribution is -2.15. The fourth-order valence-electron chi connectivity index (χ4n) is 1.75. The first-order valence-electron chi connectivity index (χ1n) is 5.65. The molecule has 1 heterocycles. The van der Waals surface area contributed by atoms with Gasteiger partial charge in [0.15, 0.2) is 0 Å². The average molecular weight is 235 g/mol. The van der Waals surface area contributed by atoms with Gasteiger partial charge in [-0.3, -0.25) is 0 Å². The van der Waals surface area contributed by atoms with Crippen molar-refractivity contribution in [3.63, 3.8) is 0 Å². The van der Waals surface area contributed by atoms with Crippen molar-refractivity contribution >= 4 is 23.0 Å². The first-order chi connectivity index (χ1) is 7.65. The molecule has 4 heteroatoms. The zero-order valence-electron chi connectivity index (χ0n) is 9.49. The molecular formula is C12H17N3S. The van der Waals surface area contributed by atoms with Gasteiger partial charge in [-0.15, -0.1) is 0 Å². The molecular weight excluding hydrogens is 218 g/mol. The van der Waals surface area contributed by atoms with E-state index in [9.17, 15) is 0 Å². The maximum Gasteiger partial charge on any atom is 0.125 e. The first-order valence-corrected chi connectivity index (χ1v) is 6.06. The van der Waals surface area contributed by atoms with Crippen molar-refractivity contribution in [3.8, 4) is 0 Å². The summed E-state index contributed by atoms with van der Waals surface area (Å²) in [6.45, 7) is 3.26. The Bertz CT molecular complexity index is 382. The number of anilines is 1. The van der Waals surface area contributed by atoms with Crippen molar-refractivity contribution in [1.82, 2.24) is 4.98 Å². The summed E-state index contributed by atoms with van der Waals surface area (Å²) in [5.41, 5.74) is 6.86. The second-order valence-corrected chi connectivity index (χ2v) is 4.94. The first kappa shape index (κ1) is 11.3. The maximum atomic E-state index is 5.51. The third kappa shape index (κ3) is 2.50. The van der Waals surface area contributed by atoms with Crippen molar-refractivity contribution < 1.29 is 0 Å². The maximum absolute atomic E-state index is 5.51. The van der Waals surface area contributed by atoms with Gasteiger partial charge in [0.05, 0.1) is 0 Å². The summed E-state index contributed by atoms with van der Waals surface area (Å²) in [5, 5.41) is 3.37. The lowest BCUT2D eigenvalue weighted by atomic mass is 10.0. The number of thiocarbonyl (C=S) groups is 1. The Morgan fingerprint density at radius 3 is 2.75 bits per heavy atom. The lowest BCUT2D eigenvalue weighted by Gasteiger charge is -2.13. The van der Waals surface area contributed by atoms with E-state index in [-0.39, 0.29) is 0 Å². The van der Waals surface area contributed by atoms with Crippen LogP contribution in [0, 0.1) is 5.41 Å². The van der Waals surface area contributed by atoms with Gasteiger partial charge >= 0.3 is 0 Å². The molecule has 2 rings (SSSR count). The second kappa shape index (κ2) is 4.37. The van der Waals surface area contributed by atoms with E-state index in [2.05, 4.69) is 17.2 Å². The molecule has 0 spiro atoms. The highest BCUT2D eigenvalue weighted by molar-refractivity contribution is 7.80. The molecule has 0 aliphatic heterocycles. The van der Waals surface area contributed by atoms with Crippen molar-refractivity contribution in [3.05, 3.63) is 23.9 Å². The molecule has 1 aromatic rings. The molecule has 0 unspecified atom stereocenters. The summed E-state index contributed by atoms with van der Waals surface area (Å²) in [7, 11) is 0. The smallest absolute Gasteiger partial charge is 0.125 e. The fourth-order valence-corrected chi connectivity index (χ4v) is 1.88.